The van der Waals surface area contributed by atoms with Gasteiger partial charge in [0, 0.05) is 6.54 Å². The van der Waals surface area contributed by atoms with Gasteiger partial charge in [0.05, 0.1) is 11.3 Å². The number of carbonyl (C=O) groups excluding carboxylic acids is 2. The van der Waals surface area contributed by atoms with Crippen LogP contribution in [0.3, 0.4) is 0 Å². The molecule has 2 N–H and O–H groups in total. The molecule has 2 rings (SSSR count). The normalized spacial score (nSPS) is 11.7. The minimum Gasteiger partial charge on any atom is -0.481 e. The van der Waals surface area contributed by atoms with E-state index in [0.717, 1.165) is 6.42 Å². The van der Waals surface area contributed by atoms with Crippen molar-refractivity contribution in [3.63, 3.8) is 0 Å². The third-order valence-corrected chi connectivity index (χ3v) is 4.19. The van der Waals surface area contributed by atoms with Crippen LogP contribution in [0.25, 0.3) is 0 Å². The van der Waals surface area contributed by atoms with Crippen molar-refractivity contribution in [3.8, 4) is 5.75 Å². The molecule has 0 radical (unpaired) electrons. The van der Waals surface area contributed by atoms with E-state index in [9.17, 15) is 9.59 Å². The van der Waals surface area contributed by atoms with Gasteiger partial charge < -0.3 is 15.4 Å². The molecule has 0 saturated carbocycles. The van der Waals surface area contributed by atoms with Crippen LogP contribution in [-0.4, -0.2) is 24.5 Å². The average Bonchev–Trinajstić information content (AvgIpc) is 2.66. The van der Waals surface area contributed by atoms with Crippen LogP contribution in [0.1, 0.15) is 56.0 Å². The van der Waals surface area contributed by atoms with Gasteiger partial charge in [0.1, 0.15) is 5.75 Å². The van der Waals surface area contributed by atoms with Crippen LogP contribution in [0.15, 0.2) is 48.5 Å². The van der Waals surface area contributed by atoms with Gasteiger partial charge in [0.2, 0.25) is 0 Å². The second-order valence-electron chi connectivity index (χ2n) is 6.77. The van der Waals surface area contributed by atoms with Crippen molar-refractivity contribution in [1.29, 1.82) is 0 Å². The maximum atomic E-state index is 12.5. The molecule has 0 aromatic heterocycles. The third-order valence-electron chi connectivity index (χ3n) is 4.19. The molecular formula is C22H28N2O3. The summed E-state index contributed by atoms with van der Waals surface area (Å²) in [5, 5.41) is 5.62. The monoisotopic (exact) mass is 368 g/mol. The molecule has 0 heterocycles. The first-order chi connectivity index (χ1) is 12.9. The Kier molecular flexibility index (Phi) is 7.41. The lowest BCUT2D eigenvalue weighted by Gasteiger charge is -2.17. The fraction of sp³-hybridized carbons (Fsp3) is 0.364. The van der Waals surface area contributed by atoms with E-state index in [0.29, 0.717) is 29.5 Å². The summed E-state index contributed by atoms with van der Waals surface area (Å²) in [6, 6.07) is 14.7. The molecule has 0 spiro atoms. The highest BCUT2D eigenvalue weighted by Gasteiger charge is 2.18. The molecule has 2 amide bonds. The fourth-order valence-electron chi connectivity index (χ4n) is 2.55. The number of carbonyl (C=O) groups is 2. The molecular weight excluding hydrogens is 340 g/mol. The molecule has 1 atom stereocenters. The number of ether oxygens (including phenoxy) is 1. The number of rotatable bonds is 8. The van der Waals surface area contributed by atoms with E-state index >= 15 is 0 Å². The molecule has 5 nitrogen and oxygen atoms in total. The van der Waals surface area contributed by atoms with E-state index in [4.69, 9.17) is 4.74 Å². The Hall–Kier alpha value is -2.82. The van der Waals surface area contributed by atoms with Crippen molar-refractivity contribution in [1.82, 2.24) is 5.32 Å². The minimum atomic E-state index is -0.693. The van der Waals surface area contributed by atoms with Gasteiger partial charge in [-0.3, -0.25) is 9.59 Å². The Bertz CT molecular complexity index is 769. The summed E-state index contributed by atoms with van der Waals surface area (Å²) in [5.41, 5.74) is 2.13. The molecule has 144 valence electrons. The second-order valence-corrected chi connectivity index (χ2v) is 6.77. The van der Waals surface area contributed by atoms with Crippen LogP contribution in [0.2, 0.25) is 0 Å². The number of hydrogen-bond acceptors (Lipinski definition) is 3. The van der Waals surface area contributed by atoms with Crippen molar-refractivity contribution in [3.05, 3.63) is 59.7 Å². The van der Waals surface area contributed by atoms with Crippen LogP contribution in [-0.2, 0) is 4.79 Å². The Morgan fingerprint density at radius 2 is 1.67 bits per heavy atom. The van der Waals surface area contributed by atoms with E-state index in [1.807, 2.05) is 31.2 Å². The van der Waals surface area contributed by atoms with Crippen LogP contribution in [0.5, 0.6) is 5.75 Å². The van der Waals surface area contributed by atoms with Gasteiger partial charge in [-0.05, 0) is 49.1 Å². The van der Waals surface area contributed by atoms with E-state index in [2.05, 4.69) is 24.5 Å². The van der Waals surface area contributed by atoms with Gasteiger partial charge >= 0.3 is 0 Å². The average molecular weight is 368 g/mol. The highest BCUT2D eigenvalue weighted by Crippen LogP contribution is 2.20. The maximum absolute atomic E-state index is 12.5. The molecule has 0 saturated heterocycles. The molecule has 0 aliphatic heterocycles. The molecule has 27 heavy (non-hydrogen) atoms. The zero-order chi connectivity index (χ0) is 19.8. The first kappa shape index (κ1) is 20.5. The summed E-state index contributed by atoms with van der Waals surface area (Å²) in [6.45, 7) is 8.51. The van der Waals surface area contributed by atoms with Crippen molar-refractivity contribution >= 4 is 17.5 Å². The number of para-hydroxylation sites is 1. The van der Waals surface area contributed by atoms with Crippen molar-refractivity contribution in [2.45, 2.75) is 46.1 Å². The number of anilines is 1. The Morgan fingerprint density at radius 3 is 2.30 bits per heavy atom. The Morgan fingerprint density at radius 1 is 1.00 bits per heavy atom. The zero-order valence-electron chi connectivity index (χ0n) is 16.4. The summed E-state index contributed by atoms with van der Waals surface area (Å²) < 4.78 is 5.74. The number of benzene rings is 2. The Labute approximate surface area is 161 Å². The Balaban J connectivity index is 2.03. The molecule has 2 aromatic carbocycles. The van der Waals surface area contributed by atoms with Crippen LogP contribution >= 0.6 is 0 Å². The summed E-state index contributed by atoms with van der Waals surface area (Å²) >= 11 is 0. The van der Waals surface area contributed by atoms with E-state index in [1.54, 1.807) is 31.2 Å². The predicted molar refractivity (Wildman–Crippen MR) is 108 cm³/mol. The molecule has 0 bridgehead atoms. The van der Waals surface area contributed by atoms with Crippen LogP contribution < -0.4 is 15.4 Å². The molecule has 2 aromatic rings. The van der Waals surface area contributed by atoms with Gasteiger partial charge in [-0.25, -0.2) is 0 Å². The summed E-state index contributed by atoms with van der Waals surface area (Å²) in [4.78, 5) is 24.8. The standard InChI is InChI=1S/C22H28N2O3/c1-5-14-23-22(26)19-8-6-7-9-20(19)24-21(25)16(4)27-18-12-10-17(11-13-18)15(2)3/h6-13,15-16H,5,14H2,1-4H3,(H,23,26)(H,24,25)/t16-/m0/s1. The summed E-state index contributed by atoms with van der Waals surface area (Å²) in [7, 11) is 0. The number of hydrogen-bond donors (Lipinski definition) is 2. The predicted octanol–water partition coefficient (Wildman–Crippen LogP) is 4.36. The molecule has 0 fully saturated rings. The largest absolute Gasteiger partial charge is 0.481 e. The highest BCUT2D eigenvalue weighted by atomic mass is 16.5. The van der Waals surface area contributed by atoms with Crippen LogP contribution in [0.4, 0.5) is 5.69 Å². The van der Waals surface area contributed by atoms with Gasteiger partial charge in [0.25, 0.3) is 11.8 Å². The zero-order valence-corrected chi connectivity index (χ0v) is 16.4. The van der Waals surface area contributed by atoms with Crippen molar-refractivity contribution in [2.75, 3.05) is 11.9 Å². The van der Waals surface area contributed by atoms with E-state index in [-0.39, 0.29) is 11.8 Å². The fourth-order valence-corrected chi connectivity index (χ4v) is 2.55. The SMILES string of the molecule is CCCNC(=O)c1ccccc1NC(=O)[C@H](C)Oc1ccc(C(C)C)cc1. The molecule has 0 unspecified atom stereocenters. The second kappa shape index (κ2) is 9.76. The topological polar surface area (TPSA) is 67.4 Å². The van der Waals surface area contributed by atoms with Gasteiger partial charge in [-0.2, -0.15) is 0 Å². The van der Waals surface area contributed by atoms with E-state index in [1.165, 1.54) is 5.56 Å². The van der Waals surface area contributed by atoms with Crippen molar-refractivity contribution < 1.29 is 14.3 Å². The van der Waals surface area contributed by atoms with Crippen LogP contribution in [0, 0.1) is 0 Å². The molecule has 0 aliphatic carbocycles. The smallest absolute Gasteiger partial charge is 0.265 e. The summed E-state index contributed by atoms with van der Waals surface area (Å²) in [5.74, 6) is 0.565. The molecule has 0 aliphatic rings. The number of nitrogens with one attached hydrogen (secondary N) is 2. The highest BCUT2D eigenvalue weighted by molar-refractivity contribution is 6.04. The first-order valence-corrected chi connectivity index (χ1v) is 9.37. The lowest BCUT2D eigenvalue weighted by Crippen LogP contribution is -2.32. The lowest BCUT2D eigenvalue weighted by molar-refractivity contribution is -0.122. The van der Waals surface area contributed by atoms with Gasteiger partial charge in [-0.1, -0.05) is 45.0 Å². The van der Waals surface area contributed by atoms with Gasteiger partial charge in [-0.15, -0.1) is 0 Å². The van der Waals surface area contributed by atoms with E-state index < -0.39 is 6.10 Å². The quantitative estimate of drug-likeness (QED) is 0.728. The maximum Gasteiger partial charge on any atom is 0.265 e. The van der Waals surface area contributed by atoms with Gasteiger partial charge in [0.15, 0.2) is 6.10 Å². The molecule has 5 heteroatoms. The van der Waals surface area contributed by atoms with Crippen molar-refractivity contribution in [2.24, 2.45) is 0 Å². The lowest BCUT2D eigenvalue weighted by atomic mass is 10.0. The minimum absolute atomic E-state index is 0.203. The third kappa shape index (κ3) is 5.84. The number of amides is 2. The summed E-state index contributed by atoms with van der Waals surface area (Å²) in [6.07, 6.45) is 0.155. The first-order valence-electron chi connectivity index (χ1n) is 9.37.